The van der Waals surface area contributed by atoms with E-state index in [-0.39, 0.29) is 29.7 Å². The van der Waals surface area contributed by atoms with Gasteiger partial charge in [-0.15, -0.1) is 5.10 Å². The van der Waals surface area contributed by atoms with Crippen LogP contribution < -0.4 is 10.6 Å². The van der Waals surface area contributed by atoms with E-state index in [2.05, 4.69) is 20.8 Å². The third-order valence-corrected chi connectivity index (χ3v) is 6.56. The van der Waals surface area contributed by atoms with Gasteiger partial charge in [0, 0.05) is 22.7 Å². The molecule has 12 heteroatoms. The minimum atomic E-state index is -4.37. The number of alkyl halides is 3. The second-order valence-corrected chi connectivity index (χ2v) is 9.43. The summed E-state index contributed by atoms with van der Waals surface area (Å²) in [5.74, 6) is -0.974. The van der Waals surface area contributed by atoms with Crippen molar-refractivity contribution in [2.24, 2.45) is 0 Å². The molecule has 0 unspecified atom stereocenters. The summed E-state index contributed by atoms with van der Waals surface area (Å²) >= 11 is 0. The van der Waals surface area contributed by atoms with Crippen LogP contribution in [0.5, 0.6) is 0 Å². The summed E-state index contributed by atoms with van der Waals surface area (Å²) in [7, 11) is 0. The van der Waals surface area contributed by atoms with E-state index in [1.165, 1.54) is 0 Å². The Balaban J connectivity index is 1.51. The highest BCUT2D eigenvalue weighted by atomic mass is 19.4. The monoisotopic (exact) mass is 507 g/mol. The van der Waals surface area contributed by atoms with Crippen LogP contribution in [0.2, 0.25) is 0 Å². The Bertz CT molecular complexity index is 1240. The topological polar surface area (TPSA) is 115 Å². The molecule has 0 spiro atoms. The van der Waals surface area contributed by atoms with Gasteiger partial charge < -0.3 is 29.6 Å². The largest absolute Gasteiger partial charge is 0.405 e. The molecule has 2 atom stereocenters. The number of rotatable bonds is 6. The molecule has 2 aliphatic rings. The molecule has 0 amide bonds. The predicted molar refractivity (Wildman–Crippen MR) is 125 cm³/mol. The Hall–Kier alpha value is -2.96. The number of anilines is 2. The molecule has 1 aliphatic heterocycles. The van der Waals surface area contributed by atoms with E-state index in [9.17, 15) is 18.3 Å². The molecule has 1 aliphatic carbocycles. The zero-order chi connectivity index (χ0) is 25.5. The third kappa shape index (κ3) is 5.25. The number of nitrogens with one attached hydrogen (secondary N) is 2. The maximum Gasteiger partial charge on any atom is 0.405 e. The van der Waals surface area contributed by atoms with E-state index >= 15 is 0 Å². The first-order valence-electron chi connectivity index (χ1n) is 11.9. The van der Waals surface area contributed by atoms with Crippen LogP contribution in [0.3, 0.4) is 0 Å². The number of nitrogens with zero attached hydrogens (tertiary/aromatic N) is 3. The van der Waals surface area contributed by atoms with E-state index in [1.54, 1.807) is 25.1 Å². The Kier molecular flexibility index (Phi) is 6.52. The molecule has 3 N–H and O–H groups in total. The maximum atomic E-state index is 12.9. The average Bonchev–Trinajstić information content (AvgIpc) is 3.47. The summed E-state index contributed by atoms with van der Waals surface area (Å²) in [6, 6.07) is 5.24. The molecule has 3 aromatic rings. The highest BCUT2D eigenvalue weighted by molar-refractivity contribution is 5.90. The number of ether oxygens (including phenoxy) is 2. The fourth-order valence-corrected chi connectivity index (χ4v) is 4.78. The molecular weight excluding hydrogens is 479 g/mol. The molecule has 1 aromatic carbocycles. The van der Waals surface area contributed by atoms with Gasteiger partial charge in [-0.3, -0.25) is 0 Å². The zero-order valence-electron chi connectivity index (χ0n) is 20.0. The van der Waals surface area contributed by atoms with Crippen molar-refractivity contribution in [3.63, 3.8) is 0 Å². The molecular formula is C24H28F3N5O4. The number of hydrogen-bond donors (Lipinski definition) is 3. The third-order valence-electron chi connectivity index (χ3n) is 6.56. The van der Waals surface area contributed by atoms with Gasteiger partial charge in [-0.05, 0) is 63.3 Å². The van der Waals surface area contributed by atoms with Crippen molar-refractivity contribution < 1.29 is 32.2 Å². The summed E-state index contributed by atoms with van der Waals surface area (Å²) in [4.78, 5) is 4.74. The van der Waals surface area contributed by atoms with Crippen LogP contribution in [-0.4, -0.2) is 58.4 Å². The van der Waals surface area contributed by atoms with Crippen molar-refractivity contribution in [1.82, 2.24) is 15.2 Å². The van der Waals surface area contributed by atoms with Gasteiger partial charge in [-0.2, -0.15) is 13.2 Å². The molecule has 3 heterocycles. The van der Waals surface area contributed by atoms with Gasteiger partial charge in [0.1, 0.15) is 12.2 Å². The Morgan fingerprint density at radius 1 is 1.14 bits per heavy atom. The van der Waals surface area contributed by atoms with E-state index in [0.29, 0.717) is 41.8 Å². The fraction of sp³-hybridized carbons (Fsp3) is 0.542. The summed E-state index contributed by atoms with van der Waals surface area (Å²) in [6.45, 7) is 3.09. The zero-order valence-corrected chi connectivity index (χ0v) is 20.0. The van der Waals surface area contributed by atoms with Crippen molar-refractivity contribution in [3.8, 4) is 11.6 Å². The van der Waals surface area contributed by atoms with Crippen LogP contribution in [0.25, 0.3) is 22.5 Å². The van der Waals surface area contributed by atoms with Gasteiger partial charge in [0.25, 0.3) is 5.89 Å². The van der Waals surface area contributed by atoms with Crippen LogP contribution in [0.1, 0.15) is 43.7 Å². The first-order valence-corrected chi connectivity index (χ1v) is 11.9. The van der Waals surface area contributed by atoms with Crippen LogP contribution in [0, 0.1) is 6.92 Å². The lowest BCUT2D eigenvalue weighted by Crippen LogP contribution is -2.29. The number of hydrogen-bond acceptors (Lipinski definition) is 9. The Morgan fingerprint density at radius 3 is 2.64 bits per heavy atom. The average molecular weight is 508 g/mol. The summed E-state index contributed by atoms with van der Waals surface area (Å²) in [5, 5.41) is 24.4. The van der Waals surface area contributed by atoms with E-state index in [0.717, 1.165) is 24.8 Å². The van der Waals surface area contributed by atoms with Crippen LogP contribution in [0.15, 0.2) is 22.6 Å². The molecule has 194 valence electrons. The van der Waals surface area contributed by atoms with Crippen LogP contribution in [0.4, 0.5) is 24.9 Å². The highest BCUT2D eigenvalue weighted by Gasteiger charge is 2.36. The van der Waals surface area contributed by atoms with Gasteiger partial charge in [-0.1, -0.05) is 5.10 Å². The number of aryl methyl sites for hydroxylation is 1. The SMILES string of the molecule is Cc1cc(-c2nnc(N[C@@H]3CCC[C@H](O)C3)o2)nc2c(C3(C)OCCO3)cc(NCC(F)(F)F)cc12. The molecule has 2 aromatic heterocycles. The minimum Gasteiger partial charge on any atom is -0.402 e. The van der Waals surface area contributed by atoms with Crippen molar-refractivity contribution in [1.29, 1.82) is 0 Å². The molecule has 0 bridgehead atoms. The highest BCUT2D eigenvalue weighted by Crippen LogP contribution is 2.39. The molecule has 0 radical (unpaired) electrons. The first kappa shape index (κ1) is 24.7. The maximum absolute atomic E-state index is 12.9. The van der Waals surface area contributed by atoms with Crippen molar-refractivity contribution in [3.05, 3.63) is 29.3 Å². The Labute approximate surface area is 205 Å². The number of aliphatic hydroxyl groups is 1. The first-order chi connectivity index (χ1) is 17.1. The number of halogens is 3. The minimum absolute atomic E-state index is 0.0409. The van der Waals surface area contributed by atoms with E-state index in [4.69, 9.17) is 18.9 Å². The standard InChI is InChI=1S/C24H28F3N5O4/c1-13-8-19(21-31-32-22(36-21)29-14-4-3-5-16(33)9-14)30-20-17(13)10-15(28-12-24(25,26)27)11-18(20)23(2)34-6-7-35-23/h8,10-11,14,16,28,33H,3-7,9,12H2,1-2H3,(H,29,32)/t14-,16+/m1/s1. The summed E-state index contributed by atoms with van der Waals surface area (Å²) in [6.07, 6.45) is -1.51. The number of pyridine rings is 1. The number of aromatic nitrogens is 3. The number of benzene rings is 1. The summed E-state index contributed by atoms with van der Waals surface area (Å²) < 4.78 is 56.0. The molecule has 36 heavy (non-hydrogen) atoms. The second kappa shape index (κ2) is 9.49. The van der Waals surface area contributed by atoms with Crippen molar-refractivity contribution in [2.75, 3.05) is 30.4 Å². The van der Waals surface area contributed by atoms with Crippen LogP contribution in [-0.2, 0) is 15.3 Å². The van der Waals surface area contributed by atoms with Gasteiger partial charge in [-0.25, -0.2) is 4.98 Å². The van der Waals surface area contributed by atoms with Crippen molar-refractivity contribution >= 4 is 22.6 Å². The van der Waals surface area contributed by atoms with Crippen LogP contribution >= 0.6 is 0 Å². The predicted octanol–water partition coefficient (Wildman–Crippen LogP) is 4.50. The molecule has 9 nitrogen and oxygen atoms in total. The van der Waals surface area contributed by atoms with Gasteiger partial charge >= 0.3 is 12.2 Å². The lowest BCUT2D eigenvalue weighted by Gasteiger charge is -2.25. The lowest BCUT2D eigenvalue weighted by atomic mass is 9.93. The van der Waals surface area contributed by atoms with E-state index < -0.39 is 18.5 Å². The van der Waals surface area contributed by atoms with Crippen molar-refractivity contribution in [2.45, 2.75) is 63.6 Å². The quantitative estimate of drug-likeness (QED) is 0.444. The molecule has 2 fully saturated rings. The van der Waals surface area contributed by atoms with Gasteiger partial charge in [0.2, 0.25) is 0 Å². The molecule has 5 rings (SSSR count). The summed E-state index contributed by atoms with van der Waals surface area (Å²) in [5.41, 5.74) is 2.47. The number of aliphatic hydroxyl groups excluding tert-OH is 1. The number of fused-ring (bicyclic) bond motifs is 1. The lowest BCUT2D eigenvalue weighted by molar-refractivity contribution is -0.148. The van der Waals surface area contributed by atoms with Gasteiger partial charge in [0.05, 0.1) is 24.8 Å². The van der Waals surface area contributed by atoms with Gasteiger partial charge in [0.15, 0.2) is 5.79 Å². The fourth-order valence-electron chi connectivity index (χ4n) is 4.78. The second-order valence-electron chi connectivity index (χ2n) is 9.43. The Morgan fingerprint density at radius 2 is 1.92 bits per heavy atom. The molecule has 1 saturated carbocycles. The smallest absolute Gasteiger partial charge is 0.402 e. The normalized spacial score (nSPS) is 22.2. The van der Waals surface area contributed by atoms with E-state index in [1.807, 2.05) is 6.92 Å². The molecule has 1 saturated heterocycles.